The lowest BCUT2D eigenvalue weighted by atomic mass is 9.50. The van der Waals surface area contributed by atoms with Gasteiger partial charge in [-0.05, 0) is 45.9 Å². The van der Waals surface area contributed by atoms with E-state index < -0.39 is 0 Å². The zero-order valence-corrected chi connectivity index (χ0v) is 14.7. The van der Waals surface area contributed by atoms with Crippen LogP contribution in [0.4, 0.5) is 0 Å². The lowest BCUT2D eigenvalue weighted by Gasteiger charge is -2.52. The van der Waals surface area contributed by atoms with Gasteiger partial charge in [-0.1, -0.05) is 88.4 Å². The van der Waals surface area contributed by atoms with Gasteiger partial charge in [0.05, 0.1) is 0 Å². The predicted octanol–water partition coefficient (Wildman–Crippen LogP) is 6.36. The van der Waals surface area contributed by atoms with Gasteiger partial charge in [0.15, 0.2) is 0 Å². The minimum Gasteiger partial charge on any atom is -0.0879 e. The van der Waals surface area contributed by atoms with Gasteiger partial charge in [0.1, 0.15) is 0 Å². The molecular weight excluding hydrogens is 276 g/mol. The molecule has 0 N–H and O–H groups in total. The molecule has 2 aliphatic rings. The summed E-state index contributed by atoms with van der Waals surface area (Å²) in [5.74, 6) is 0. The van der Waals surface area contributed by atoms with Crippen LogP contribution in [0.15, 0.2) is 60.7 Å². The Bertz CT molecular complexity index is 748. The molecule has 2 aliphatic carbocycles. The maximum absolute atomic E-state index is 2.47. The van der Waals surface area contributed by atoms with E-state index in [-0.39, 0.29) is 16.2 Å². The summed E-state index contributed by atoms with van der Waals surface area (Å²) in [5.41, 5.74) is 6.22. The summed E-state index contributed by atoms with van der Waals surface area (Å²) < 4.78 is 0. The Hall–Kier alpha value is -1.82. The van der Waals surface area contributed by atoms with Gasteiger partial charge in [-0.2, -0.15) is 0 Å². The molecule has 0 amide bonds. The van der Waals surface area contributed by atoms with Crippen molar-refractivity contribution in [3.63, 3.8) is 0 Å². The second kappa shape index (κ2) is 4.60. The molecule has 2 aromatic rings. The predicted molar refractivity (Wildman–Crippen MR) is 98.6 cm³/mol. The summed E-state index contributed by atoms with van der Waals surface area (Å²) >= 11 is 0. The number of hydrogen-bond donors (Lipinski definition) is 0. The molecule has 1 atom stereocenters. The summed E-state index contributed by atoms with van der Waals surface area (Å²) in [4.78, 5) is 0. The van der Waals surface area contributed by atoms with Crippen molar-refractivity contribution in [3.8, 4) is 11.1 Å². The quantitative estimate of drug-likeness (QED) is 0.566. The van der Waals surface area contributed by atoms with Crippen LogP contribution in [0.25, 0.3) is 11.1 Å². The summed E-state index contributed by atoms with van der Waals surface area (Å²) in [7, 11) is 0. The van der Waals surface area contributed by atoms with Gasteiger partial charge < -0.3 is 0 Å². The minimum atomic E-state index is 0.0314. The molecule has 0 heterocycles. The summed E-state index contributed by atoms with van der Waals surface area (Å²) in [6, 6.07) is 18.0. The van der Waals surface area contributed by atoms with Crippen molar-refractivity contribution >= 4 is 0 Å². The average Bonchev–Trinajstić information content (AvgIpc) is 3.12. The monoisotopic (exact) mass is 302 g/mol. The van der Waals surface area contributed by atoms with Crippen LogP contribution in [0.2, 0.25) is 0 Å². The Morgan fingerprint density at radius 2 is 1.35 bits per heavy atom. The van der Waals surface area contributed by atoms with Crippen molar-refractivity contribution in [2.75, 3.05) is 0 Å². The first kappa shape index (κ1) is 14.8. The van der Waals surface area contributed by atoms with Crippen LogP contribution in [0.3, 0.4) is 0 Å². The van der Waals surface area contributed by atoms with Crippen molar-refractivity contribution in [1.29, 1.82) is 0 Å². The zero-order chi connectivity index (χ0) is 16.3. The van der Waals surface area contributed by atoms with E-state index >= 15 is 0 Å². The molecule has 0 aromatic heterocycles. The minimum absolute atomic E-state index is 0.0314. The fraction of sp³-hybridized carbons (Fsp3) is 0.391. The molecule has 0 saturated carbocycles. The fourth-order valence-corrected chi connectivity index (χ4v) is 5.03. The third-order valence-electron chi connectivity index (χ3n) is 7.22. The van der Waals surface area contributed by atoms with Crippen LogP contribution in [0, 0.1) is 10.8 Å². The van der Waals surface area contributed by atoms with Gasteiger partial charge in [0, 0.05) is 5.41 Å². The third-order valence-corrected chi connectivity index (χ3v) is 7.22. The first-order valence-corrected chi connectivity index (χ1v) is 8.79. The molecule has 0 heteroatoms. The zero-order valence-electron chi connectivity index (χ0n) is 14.7. The second-order valence-corrected chi connectivity index (χ2v) is 8.20. The number of benzene rings is 2. The molecule has 0 saturated heterocycles. The molecule has 0 spiro atoms. The van der Waals surface area contributed by atoms with E-state index in [9.17, 15) is 0 Å². The molecule has 2 aromatic carbocycles. The standard InChI is InChI=1S/C23H26/c1-21(2,22(3)15-9-10-16-22)23(4)19-13-7-5-11-17(19)18-12-6-8-14-20(18)23/h5-9,11-15H,10,16H2,1-4H3. The van der Waals surface area contributed by atoms with E-state index in [0.29, 0.717) is 0 Å². The molecule has 23 heavy (non-hydrogen) atoms. The number of fused-ring (bicyclic) bond motifs is 3. The Balaban J connectivity index is 2.02. The fourth-order valence-electron chi connectivity index (χ4n) is 5.03. The Labute approximate surface area is 140 Å². The molecule has 118 valence electrons. The summed E-state index contributed by atoms with van der Waals surface area (Å²) in [6.45, 7) is 9.86. The van der Waals surface area contributed by atoms with E-state index in [2.05, 4.69) is 88.4 Å². The van der Waals surface area contributed by atoms with Crippen molar-refractivity contribution in [2.24, 2.45) is 10.8 Å². The van der Waals surface area contributed by atoms with Crippen LogP contribution >= 0.6 is 0 Å². The Morgan fingerprint density at radius 3 is 1.83 bits per heavy atom. The van der Waals surface area contributed by atoms with E-state index in [1.807, 2.05) is 0 Å². The lowest BCUT2D eigenvalue weighted by molar-refractivity contribution is 0.0689. The van der Waals surface area contributed by atoms with Crippen LogP contribution in [-0.4, -0.2) is 0 Å². The summed E-state index contributed by atoms with van der Waals surface area (Å²) in [5, 5.41) is 0. The smallest absolute Gasteiger partial charge is 0.0246 e. The van der Waals surface area contributed by atoms with Crippen molar-refractivity contribution < 1.29 is 0 Å². The average molecular weight is 302 g/mol. The molecule has 4 rings (SSSR count). The Kier molecular flexibility index (Phi) is 2.95. The van der Waals surface area contributed by atoms with Crippen molar-refractivity contribution in [1.82, 2.24) is 0 Å². The normalized spacial score (nSPS) is 24.5. The largest absolute Gasteiger partial charge is 0.0879 e. The highest BCUT2D eigenvalue weighted by Gasteiger charge is 2.56. The lowest BCUT2D eigenvalue weighted by Crippen LogP contribution is -2.48. The number of hydrogen-bond acceptors (Lipinski definition) is 0. The maximum Gasteiger partial charge on any atom is 0.0246 e. The first-order valence-electron chi connectivity index (χ1n) is 8.79. The van der Waals surface area contributed by atoms with Crippen molar-refractivity contribution in [2.45, 2.75) is 46.0 Å². The van der Waals surface area contributed by atoms with E-state index in [4.69, 9.17) is 0 Å². The summed E-state index contributed by atoms with van der Waals surface area (Å²) in [6.07, 6.45) is 7.30. The highest BCUT2D eigenvalue weighted by Crippen LogP contribution is 2.64. The second-order valence-electron chi connectivity index (χ2n) is 8.20. The van der Waals surface area contributed by atoms with Gasteiger partial charge in [0.25, 0.3) is 0 Å². The van der Waals surface area contributed by atoms with E-state index in [1.54, 1.807) is 0 Å². The SMILES string of the molecule is CC1(C(C)(C)C2(C)c3ccccc3-c3ccccc32)C=CCC1. The first-order chi connectivity index (χ1) is 10.9. The van der Waals surface area contributed by atoms with Gasteiger partial charge in [-0.15, -0.1) is 0 Å². The molecule has 0 aliphatic heterocycles. The van der Waals surface area contributed by atoms with E-state index in [1.165, 1.54) is 35.1 Å². The number of allylic oxidation sites excluding steroid dienone is 2. The van der Waals surface area contributed by atoms with Crippen LogP contribution in [0.1, 0.15) is 51.7 Å². The molecule has 0 bridgehead atoms. The topological polar surface area (TPSA) is 0 Å². The van der Waals surface area contributed by atoms with E-state index in [0.717, 1.165) is 0 Å². The van der Waals surface area contributed by atoms with Gasteiger partial charge >= 0.3 is 0 Å². The van der Waals surface area contributed by atoms with Crippen LogP contribution < -0.4 is 0 Å². The highest BCUT2D eigenvalue weighted by atomic mass is 14.6. The van der Waals surface area contributed by atoms with Crippen molar-refractivity contribution in [3.05, 3.63) is 71.8 Å². The van der Waals surface area contributed by atoms with Gasteiger partial charge in [0.2, 0.25) is 0 Å². The molecule has 0 nitrogen and oxygen atoms in total. The molecular formula is C23H26. The third kappa shape index (κ3) is 1.67. The van der Waals surface area contributed by atoms with Gasteiger partial charge in [-0.3, -0.25) is 0 Å². The molecule has 0 radical (unpaired) electrons. The van der Waals surface area contributed by atoms with Crippen LogP contribution in [0.5, 0.6) is 0 Å². The molecule has 0 fully saturated rings. The van der Waals surface area contributed by atoms with Gasteiger partial charge in [-0.25, -0.2) is 0 Å². The van der Waals surface area contributed by atoms with Crippen LogP contribution in [-0.2, 0) is 5.41 Å². The molecule has 1 unspecified atom stereocenters. The maximum atomic E-state index is 2.47. The Morgan fingerprint density at radius 1 is 0.826 bits per heavy atom. The number of rotatable bonds is 2. The highest BCUT2D eigenvalue weighted by molar-refractivity contribution is 5.81.